The maximum atomic E-state index is 11.2. The van der Waals surface area contributed by atoms with E-state index in [4.69, 9.17) is 11.0 Å². The minimum atomic E-state index is -1.05. The van der Waals surface area contributed by atoms with E-state index in [1.807, 2.05) is 13.8 Å². The Morgan fingerprint density at radius 1 is 1.36 bits per heavy atom. The molecule has 0 aliphatic heterocycles. The number of hydrogen-bond donors (Lipinski definition) is 1. The van der Waals surface area contributed by atoms with Crippen molar-refractivity contribution in [2.75, 3.05) is 0 Å². The highest BCUT2D eigenvalue weighted by atomic mass is 16.1. The molecule has 1 unspecified atom stereocenters. The molecule has 0 aliphatic carbocycles. The molecule has 0 spiro atoms. The largest absolute Gasteiger partial charge is 0.309 e. The number of nitrogens with zero attached hydrogens (tertiary/aromatic N) is 1. The van der Waals surface area contributed by atoms with E-state index in [1.54, 1.807) is 36.4 Å². The number of carbonyl (C=O) groups is 1. The number of nitrogens with two attached hydrogens (primary N) is 1. The standard InChI is InChI=1S/C9H8N2O.C2H6/c10-6-8(11)9(12)7-4-2-1-3-5-7;1-2/h1-5,8H,11H2;1-2H3. The summed E-state index contributed by atoms with van der Waals surface area (Å²) in [7, 11) is 0. The molecule has 0 bridgehead atoms. The summed E-state index contributed by atoms with van der Waals surface area (Å²) in [5.41, 5.74) is 5.72. The van der Waals surface area contributed by atoms with Gasteiger partial charge in [-0.25, -0.2) is 0 Å². The van der Waals surface area contributed by atoms with Gasteiger partial charge >= 0.3 is 0 Å². The van der Waals surface area contributed by atoms with Crippen molar-refractivity contribution in [2.45, 2.75) is 19.9 Å². The molecular weight excluding hydrogens is 176 g/mol. The van der Waals surface area contributed by atoms with Gasteiger partial charge in [0.1, 0.15) is 0 Å². The van der Waals surface area contributed by atoms with E-state index >= 15 is 0 Å². The van der Waals surface area contributed by atoms with Gasteiger partial charge in [-0.05, 0) is 0 Å². The molecule has 3 nitrogen and oxygen atoms in total. The van der Waals surface area contributed by atoms with E-state index in [0.717, 1.165) is 0 Å². The van der Waals surface area contributed by atoms with Gasteiger partial charge in [0.05, 0.1) is 6.07 Å². The molecule has 0 amide bonds. The maximum absolute atomic E-state index is 11.2. The molecule has 1 rings (SSSR count). The first kappa shape index (κ1) is 12.3. The Kier molecular flexibility index (Phi) is 6.01. The molecule has 0 aliphatic rings. The summed E-state index contributed by atoms with van der Waals surface area (Å²) in [5, 5.41) is 8.37. The van der Waals surface area contributed by atoms with E-state index in [2.05, 4.69) is 0 Å². The van der Waals surface area contributed by atoms with Crippen LogP contribution >= 0.6 is 0 Å². The molecule has 0 aromatic heterocycles. The fraction of sp³-hybridized carbons (Fsp3) is 0.273. The fourth-order valence-electron chi connectivity index (χ4n) is 0.841. The lowest BCUT2D eigenvalue weighted by Crippen LogP contribution is -2.28. The Hall–Kier alpha value is -1.66. The minimum Gasteiger partial charge on any atom is -0.309 e. The summed E-state index contributed by atoms with van der Waals surface area (Å²) in [5.74, 6) is -0.335. The molecule has 1 aromatic rings. The van der Waals surface area contributed by atoms with Crippen LogP contribution in [0.25, 0.3) is 0 Å². The van der Waals surface area contributed by atoms with Crippen LogP contribution in [0.2, 0.25) is 0 Å². The zero-order valence-electron chi connectivity index (χ0n) is 8.40. The second kappa shape index (κ2) is 6.81. The lowest BCUT2D eigenvalue weighted by atomic mass is 10.1. The van der Waals surface area contributed by atoms with Gasteiger partial charge in [0, 0.05) is 5.56 Å². The molecule has 0 saturated heterocycles. The first-order valence-electron chi connectivity index (χ1n) is 4.50. The highest BCUT2D eigenvalue weighted by molar-refractivity contribution is 6.01. The summed E-state index contributed by atoms with van der Waals surface area (Å²) in [6.07, 6.45) is 0. The third-order valence-corrected chi connectivity index (χ3v) is 1.48. The lowest BCUT2D eigenvalue weighted by Gasteiger charge is -2.00. The van der Waals surface area contributed by atoms with E-state index in [9.17, 15) is 4.79 Å². The van der Waals surface area contributed by atoms with Crippen molar-refractivity contribution >= 4 is 5.78 Å². The van der Waals surface area contributed by atoms with Crippen molar-refractivity contribution in [3.05, 3.63) is 35.9 Å². The van der Waals surface area contributed by atoms with E-state index in [1.165, 1.54) is 0 Å². The molecule has 3 heteroatoms. The molecule has 0 heterocycles. The lowest BCUT2D eigenvalue weighted by molar-refractivity contribution is 0.0980. The number of hydrogen-bond acceptors (Lipinski definition) is 3. The molecule has 0 fully saturated rings. The first-order valence-corrected chi connectivity index (χ1v) is 4.50. The summed E-state index contributed by atoms with van der Waals surface area (Å²) in [6.45, 7) is 4.00. The highest BCUT2D eigenvalue weighted by Crippen LogP contribution is 2.01. The zero-order valence-corrected chi connectivity index (χ0v) is 8.40. The predicted octanol–water partition coefficient (Wildman–Crippen LogP) is 1.75. The van der Waals surface area contributed by atoms with Crippen molar-refractivity contribution in [3.8, 4) is 6.07 Å². The SMILES string of the molecule is CC.N#CC(N)C(=O)c1ccccc1. The maximum Gasteiger partial charge on any atom is 0.193 e. The normalized spacial score (nSPS) is 10.4. The molecule has 14 heavy (non-hydrogen) atoms. The van der Waals surface area contributed by atoms with Crippen LogP contribution in [0.5, 0.6) is 0 Å². The van der Waals surface area contributed by atoms with Crippen LogP contribution in [0.15, 0.2) is 30.3 Å². The van der Waals surface area contributed by atoms with Gasteiger partial charge in [0.2, 0.25) is 0 Å². The van der Waals surface area contributed by atoms with Crippen LogP contribution in [0.3, 0.4) is 0 Å². The number of nitriles is 1. The van der Waals surface area contributed by atoms with Gasteiger partial charge in [0.15, 0.2) is 11.8 Å². The summed E-state index contributed by atoms with van der Waals surface area (Å²) in [6, 6.07) is 9.19. The van der Waals surface area contributed by atoms with E-state index in [0.29, 0.717) is 5.56 Å². The van der Waals surface area contributed by atoms with Crippen molar-refractivity contribution in [3.63, 3.8) is 0 Å². The summed E-state index contributed by atoms with van der Waals surface area (Å²) in [4.78, 5) is 11.2. The topological polar surface area (TPSA) is 66.9 Å². The Balaban J connectivity index is 0.000000791. The molecule has 1 aromatic carbocycles. The van der Waals surface area contributed by atoms with Crippen molar-refractivity contribution in [1.29, 1.82) is 5.26 Å². The number of rotatable bonds is 2. The number of Topliss-reactive ketones (excluding diaryl/α,β-unsaturated/α-hetero) is 1. The van der Waals surface area contributed by atoms with Gasteiger partial charge < -0.3 is 5.73 Å². The minimum absolute atomic E-state index is 0.335. The number of ketones is 1. The molecule has 0 saturated carbocycles. The quantitative estimate of drug-likeness (QED) is 0.722. The first-order chi connectivity index (χ1) is 6.75. The van der Waals surface area contributed by atoms with Crippen molar-refractivity contribution < 1.29 is 4.79 Å². The average Bonchev–Trinajstić information content (AvgIpc) is 2.31. The van der Waals surface area contributed by atoms with Crippen LogP contribution in [-0.2, 0) is 0 Å². The van der Waals surface area contributed by atoms with Crippen molar-refractivity contribution in [1.82, 2.24) is 0 Å². The number of benzene rings is 1. The van der Waals surface area contributed by atoms with Gasteiger partial charge in [-0.1, -0.05) is 44.2 Å². The number of carbonyl (C=O) groups excluding carboxylic acids is 1. The van der Waals surface area contributed by atoms with Crippen LogP contribution in [0.4, 0.5) is 0 Å². The fourth-order valence-corrected chi connectivity index (χ4v) is 0.841. The van der Waals surface area contributed by atoms with Gasteiger partial charge in [-0.3, -0.25) is 4.79 Å². The Bertz CT molecular complexity index is 314. The highest BCUT2D eigenvalue weighted by Gasteiger charge is 2.13. The Labute approximate surface area is 84.2 Å². The van der Waals surface area contributed by atoms with Gasteiger partial charge in [-0.2, -0.15) is 5.26 Å². The third-order valence-electron chi connectivity index (χ3n) is 1.48. The predicted molar refractivity (Wildman–Crippen MR) is 55.7 cm³/mol. The Morgan fingerprint density at radius 2 is 1.86 bits per heavy atom. The average molecular weight is 190 g/mol. The third kappa shape index (κ3) is 3.38. The van der Waals surface area contributed by atoms with E-state index < -0.39 is 6.04 Å². The summed E-state index contributed by atoms with van der Waals surface area (Å²) >= 11 is 0. The monoisotopic (exact) mass is 190 g/mol. The van der Waals surface area contributed by atoms with Gasteiger partial charge in [0.25, 0.3) is 0 Å². The Morgan fingerprint density at radius 3 is 2.29 bits per heavy atom. The smallest absolute Gasteiger partial charge is 0.193 e. The summed E-state index contributed by atoms with van der Waals surface area (Å²) < 4.78 is 0. The van der Waals surface area contributed by atoms with Crippen LogP contribution in [-0.4, -0.2) is 11.8 Å². The molecule has 1 atom stereocenters. The molecular formula is C11H14N2O. The zero-order chi connectivity index (χ0) is 11.0. The second-order valence-corrected chi connectivity index (χ2v) is 2.34. The van der Waals surface area contributed by atoms with Crippen LogP contribution in [0, 0.1) is 11.3 Å². The second-order valence-electron chi connectivity index (χ2n) is 2.34. The van der Waals surface area contributed by atoms with Crippen LogP contribution in [0.1, 0.15) is 24.2 Å². The molecule has 2 N–H and O–H groups in total. The molecule has 0 radical (unpaired) electrons. The molecule has 74 valence electrons. The van der Waals surface area contributed by atoms with E-state index in [-0.39, 0.29) is 5.78 Å². The van der Waals surface area contributed by atoms with Gasteiger partial charge in [-0.15, -0.1) is 0 Å². The van der Waals surface area contributed by atoms with Crippen LogP contribution < -0.4 is 5.73 Å². The van der Waals surface area contributed by atoms with Crippen molar-refractivity contribution in [2.24, 2.45) is 5.73 Å².